The molecule has 2 aromatic rings. The molecule has 2 rings (SSSR count). The second-order valence-corrected chi connectivity index (χ2v) is 5.81. The van der Waals surface area contributed by atoms with E-state index in [1.165, 1.54) is 7.11 Å². The minimum Gasteiger partial charge on any atom is -0.480 e. The van der Waals surface area contributed by atoms with E-state index in [4.69, 9.17) is 9.84 Å². The Morgan fingerprint density at radius 3 is 2.54 bits per heavy atom. The highest BCUT2D eigenvalue weighted by atomic mass is 16.5. The van der Waals surface area contributed by atoms with Gasteiger partial charge in [0.1, 0.15) is 6.04 Å². The first-order valence-corrected chi connectivity index (χ1v) is 8.29. The molecule has 0 fully saturated rings. The van der Waals surface area contributed by atoms with E-state index in [-0.39, 0.29) is 31.9 Å². The molecule has 0 bridgehead atoms. The van der Waals surface area contributed by atoms with E-state index in [9.17, 15) is 14.4 Å². The van der Waals surface area contributed by atoms with Crippen LogP contribution in [-0.2, 0) is 14.3 Å². The third-order valence-corrected chi connectivity index (χ3v) is 3.89. The van der Waals surface area contributed by atoms with Gasteiger partial charge in [0.15, 0.2) is 0 Å². The van der Waals surface area contributed by atoms with E-state index in [0.29, 0.717) is 5.56 Å². The lowest BCUT2D eigenvalue weighted by atomic mass is 10.1. The summed E-state index contributed by atoms with van der Waals surface area (Å²) >= 11 is 0. The number of carbonyl (C=O) groups excluding carboxylic acids is 2. The van der Waals surface area contributed by atoms with Crippen LogP contribution < -0.4 is 10.6 Å². The molecule has 7 heteroatoms. The zero-order chi connectivity index (χ0) is 18.9. The standard InChI is InChI=1S/C19H22N2O5/c1-26-11-9-16(19(24)25)21-17(22)8-10-20-18(23)15-7-6-13-4-2-3-5-14(13)12-15/h2-7,12,16H,8-11H2,1H3,(H,20,23)(H,21,22)(H,24,25). The van der Waals surface area contributed by atoms with Crippen molar-refractivity contribution in [3.63, 3.8) is 0 Å². The second kappa shape index (κ2) is 9.53. The van der Waals surface area contributed by atoms with E-state index in [1.54, 1.807) is 12.1 Å². The maximum Gasteiger partial charge on any atom is 0.326 e. The highest BCUT2D eigenvalue weighted by Crippen LogP contribution is 2.15. The van der Waals surface area contributed by atoms with Crippen molar-refractivity contribution in [1.82, 2.24) is 10.6 Å². The maximum absolute atomic E-state index is 12.2. The van der Waals surface area contributed by atoms with Crippen LogP contribution in [0.25, 0.3) is 10.8 Å². The lowest BCUT2D eigenvalue weighted by molar-refractivity contribution is -0.142. The van der Waals surface area contributed by atoms with Crippen molar-refractivity contribution in [2.45, 2.75) is 18.9 Å². The average molecular weight is 358 g/mol. The molecule has 0 heterocycles. The van der Waals surface area contributed by atoms with Crippen LogP contribution in [0, 0.1) is 0 Å². The molecule has 2 amide bonds. The number of benzene rings is 2. The summed E-state index contributed by atoms with van der Waals surface area (Å²) in [5, 5.41) is 16.1. The third kappa shape index (κ3) is 5.56. The molecule has 0 aliphatic heterocycles. The molecule has 0 aliphatic carbocycles. The molecule has 0 radical (unpaired) electrons. The summed E-state index contributed by atoms with van der Waals surface area (Å²) in [5.41, 5.74) is 0.507. The first-order valence-electron chi connectivity index (χ1n) is 8.29. The fourth-order valence-corrected chi connectivity index (χ4v) is 2.48. The van der Waals surface area contributed by atoms with Gasteiger partial charge in [0.05, 0.1) is 0 Å². The smallest absolute Gasteiger partial charge is 0.326 e. The number of carbonyl (C=O) groups is 3. The quantitative estimate of drug-likeness (QED) is 0.631. The third-order valence-electron chi connectivity index (χ3n) is 3.89. The van der Waals surface area contributed by atoms with Crippen LogP contribution >= 0.6 is 0 Å². The highest BCUT2D eigenvalue weighted by molar-refractivity contribution is 5.98. The number of aliphatic carboxylic acids is 1. The average Bonchev–Trinajstić information content (AvgIpc) is 2.64. The Bertz CT molecular complexity index is 790. The summed E-state index contributed by atoms with van der Waals surface area (Å²) in [6, 6.07) is 12.1. The number of methoxy groups -OCH3 is 1. The van der Waals surface area contributed by atoms with Crippen molar-refractivity contribution in [2.24, 2.45) is 0 Å². The minimum absolute atomic E-state index is 0.00389. The molecular formula is C19H22N2O5. The van der Waals surface area contributed by atoms with Crippen molar-refractivity contribution < 1.29 is 24.2 Å². The number of rotatable bonds is 9. The number of carboxylic acid groups (broad SMARTS) is 1. The molecule has 138 valence electrons. The van der Waals surface area contributed by atoms with Crippen molar-refractivity contribution >= 4 is 28.6 Å². The van der Waals surface area contributed by atoms with Gasteiger partial charge in [-0.25, -0.2) is 4.79 Å². The highest BCUT2D eigenvalue weighted by Gasteiger charge is 2.19. The molecule has 1 unspecified atom stereocenters. The zero-order valence-electron chi connectivity index (χ0n) is 14.5. The molecule has 0 aromatic heterocycles. The van der Waals surface area contributed by atoms with Gasteiger partial charge in [-0.1, -0.05) is 30.3 Å². The Morgan fingerprint density at radius 2 is 1.85 bits per heavy atom. The van der Waals surface area contributed by atoms with Gasteiger partial charge in [-0.3, -0.25) is 9.59 Å². The van der Waals surface area contributed by atoms with E-state index in [0.717, 1.165) is 10.8 Å². The number of hydrogen-bond donors (Lipinski definition) is 3. The zero-order valence-corrected chi connectivity index (χ0v) is 14.5. The first-order chi connectivity index (χ1) is 12.5. The molecule has 2 aromatic carbocycles. The monoisotopic (exact) mass is 358 g/mol. The molecule has 3 N–H and O–H groups in total. The van der Waals surface area contributed by atoms with Gasteiger partial charge < -0.3 is 20.5 Å². The summed E-state index contributed by atoms with van der Waals surface area (Å²) in [6.07, 6.45) is 0.178. The Morgan fingerprint density at radius 1 is 1.12 bits per heavy atom. The fraction of sp³-hybridized carbons (Fsp3) is 0.316. The van der Waals surface area contributed by atoms with Crippen LogP contribution in [0.15, 0.2) is 42.5 Å². The van der Waals surface area contributed by atoms with Gasteiger partial charge in [-0.15, -0.1) is 0 Å². The van der Waals surface area contributed by atoms with Crippen LogP contribution in [0.5, 0.6) is 0 Å². The lowest BCUT2D eigenvalue weighted by Gasteiger charge is -2.14. The van der Waals surface area contributed by atoms with Gasteiger partial charge in [-0.2, -0.15) is 0 Å². The summed E-state index contributed by atoms with van der Waals surface area (Å²) in [6.45, 7) is 0.351. The van der Waals surface area contributed by atoms with Crippen LogP contribution in [-0.4, -0.2) is 49.2 Å². The number of carboxylic acids is 1. The second-order valence-electron chi connectivity index (χ2n) is 5.81. The molecule has 26 heavy (non-hydrogen) atoms. The molecule has 0 aliphatic rings. The fourth-order valence-electron chi connectivity index (χ4n) is 2.48. The van der Waals surface area contributed by atoms with Crippen LogP contribution in [0.4, 0.5) is 0 Å². The summed E-state index contributed by atoms with van der Waals surface area (Å²) < 4.78 is 4.82. The Labute approximate surface area is 151 Å². The van der Waals surface area contributed by atoms with E-state index >= 15 is 0 Å². The van der Waals surface area contributed by atoms with Crippen molar-refractivity contribution in [1.29, 1.82) is 0 Å². The lowest BCUT2D eigenvalue weighted by Crippen LogP contribution is -2.42. The normalized spacial score (nSPS) is 11.7. The largest absolute Gasteiger partial charge is 0.480 e. The molecular weight excluding hydrogens is 336 g/mol. The first kappa shape index (κ1) is 19.4. The molecule has 0 saturated carbocycles. The van der Waals surface area contributed by atoms with Gasteiger partial charge >= 0.3 is 5.97 Å². The predicted molar refractivity (Wildman–Crippen MR) is 97.0 cm³/mol. The number of nitrogens with one attached hydrogen (secondary N) is 2. The van der Waals surface area contributed by atoms with Crippen LogP contribution in [0.3, 0.4) is 0 Å². The summed E-state index contributed by atoms with van der Waals surface area (Å²) in [5.74, 6) is -1.83. The molecule has 0 saturated heterocycles. The number of fused-ring (bicyclic) bond motifs is 1. The molecule has 1 atom stereocenters. The van der Waals surface area contributed by atoms with E-state index in [1.807, 2.05) is 30.3 Å². The van der Waals surface area contributed by atoms with Crippen molar-refractivity contribution in [3.8, 4) is 0 Å². The predicted octanol–water partition coefficient (Wildman–Crippen LogP) is 1.57. The number of ether oxygens (including phenoxy) is 1. The van der Waals surface area contributed by atoms with E-state index < -0.39 is 17.9 Å². The summed E-state index contributed by atoms with van der Waals surface area (Å²) in [7, 11) is 1.46. The topological polar surface area (TPSA) is 105 Å². The van der Waals surface area contributed by atoms with Gasteiger partial charge in [0.25, 0.3) is 5.91 Å². The maximum atomic E-state index is 12.2. The van der Waals surface area contributed by atoms with E-state index in [2.05, 4.69) is 10.6 Å². The Hall–Kier alpha value is -2.93. The molecule has 0 spiro atoms. The van der Waals surface area contributed by atoms with Gasteiger partial charge in [0, 0.05) is 38.7 Å². The van der Waals surface area contributed by atoms with Gasteiger partial charge in [-0.05, 0) is 22.9 Å². The molecule has 7 nitrogen and oxygen atoms in total. The Kier molecular flexibility index (Phi) is 7.11. The van der Waals surface area contributed by atoms with Crippen LogP contribution in [0.2, 0.25) is 0 Å². The number of hydrogen-bond acceptors (Lipinski definition) is 4. The Balaban J connectivity index is 1.82. The van der Waals surface area contributed by atoms with Gasteiger partial charge in [0.2, 0.25) is 5.91 Å². The van der Waals surface area contributed by atoms with Crippen molar-refractivity contribution in [2.75, 3.05) is 20.3 Å². The van der Waals surface area contributed by atoms with Crippen LogP contribution in [0.1, 0.15) is 23.2 Å². The number of amides is 2. The summed E-state index contributed by atoms with van der Waals surface area (Å²) in [4.78, 5) is 35.1. The minimum atomic E-state index is -1.12. The SMILES string of the molecule is COCCC(NC(=O)CCNC(=O)c1ccc2ccccc2c1)C(=O)O. The van der Waals surface area contributed by atoms with Crippen molar-refractivity contribution in [3.05, 3.63) is 48.0 Å².